The van der Waals surface area contributed by atoms with E-state index >= 15 is 0 Å². The van der Waals surface area contributed by atoms with Gasteiger partial charge in [-0.05, 0) is 24.6 Å². The number of hydrogen-bond acceptors (Lipinski definition) is 4. The lowest BCUT2D eigenvalue weighted by molar-refractivity contribution is -0.384. The van der Waals surface area contributed by atoms with Crippen molar-refractivity contribution in [3.63, 3.8) is 0 Å². The minimum absolute atomic E-state index is 0.112. The normalized spacial score (nSPS) is 11.4. The molecule has 0 fully saturated rings. The lowest BCUT2D eigenvalue weighted by atomic mass is 10.1. The first-order valence-corrected chi connectivity index (χ1v) is 7.82. The molecule has 0 saturated carbocycles. The highest BCUT2D eigenvalue weighted by Crippen LogP contribution is 2.21. The molecule has 1 unspecified atom stereocenters. The zero-order chi connectivity index (χ0) is 18.4. The van der Waals surface area contributed by atoms with Gasteiger partial charge in [0.2, 0.25) is 5.91 Å². The second-order valence-corrected chi connectivity index (χ2v) is 5.71. The van der Waals surface area contributed by atoms with Gasteiger partial charge in [0.05, 0.1) is 17.5 Å². The maximum Gasteiger partial charge on any atom is 0.270 e. The first kappa shape index (κ1) is 18.4. The molecule has 1 atom stereocenters. The Morgan fingerprint density at radius 1 is 1.20 bits per heavy atom. The third kappa shape index (κ3) is 5.02. The SMILES string of the molecule is CC(NC(=O)CNC(=O)c1cccc([N+](=O)[O-])c1)c1ccccc1Cl. The maximum atomic E-state index is 12.0. The van der Waals surface area contributed by atoms with E-state index in [2.05, 4.69) is 10.6 Å². The Morgan fingerprint density at radius 3 is 2.60 bits per heavy atom. The molecule has 0 bridgehead atoms. The monoisotopic (exact) mass is 361 g/mol. The fraction of sp³-hybridized carbons (Fsp3) is 0.176. The smallest absolute Gasteiger partial charge is 0.270 e. The Morgan fingerprint density at radius 2 is 1.92 bits per heavy atom. The molecule has 2 amide bonds. The molecule has 7 nitrogen and oxygen atoms in total. The number of hydrogen-bond donors (Lipinski definition) is 2. The predicted molar refractivity (Wildman–Crippen MR) is 93.4 cm³/mol. The third-order valence-electron chi connectivity index (χ3n) is 3.48. The van der Waals surface area contributed by atoms with Crippen LogP contribution < -0.4 is 10.6 Å². The summed E-state index contributed by atoms with van der Waals surface area (Å²) in [6.45, 7) is 1.53. The lowest BCUT2D eigenvalue weighted by Crippen LogP contribution is -2.38. The van der Waals surface area contributed by atoms with Crippen LogP contribution in [0.1, 0.15) is 28.9 Å². The van der Waals surface area contributed by atoms with Crippen LogP contribution in [0.25, 0.3) is 0 Å². The van der Waals surface area contributed by atoms with Gasteiger partial charge in [0.1, 0.15) is 0 Å². The first-order valence-electron chi connectivity index (χ1n) is 7.45. The molecule has 2 aromatic carbocycles. The van der Waals surface area contributed by atoms with Crippen molar-refractivity contribution in [3.8, 4) is 0 Å². The van der Waals surface area contributed by atoms with Gasteiger partial charge in [-0.15, -0.1) is 0 Å². The van der Waals surface area contributed by atoms with Gasteiger partial charge in [0.25, 0.3) is 11.6 Å². The van der Waals surface area contributed by atoms with Crippen molar-refractivity contribution in [2.24, 2.45) is 0 Å². The number of rotatable bonds is 6. The van der Waals surface area contributed by atoms with Crippen LogP contribution in [0.15, 0.2) is 48.5 Å². The van der Waals surface area contributed by atoms with Gasteiger partial charge in [-0.3, -0.25) is 19.7 Å². The van der Waals surface area contributed by atoms with Crippen molar-refractivity contribution < 1.29 is 14.5 Å². The molecule has 0 radical (unpaired) electrons. The highest BCUT2D eigenvalue weighted by atomic mass is 35.5. The van der Waals surface area contributed by atoms with Gasteiger partial charge in [-0.1, -0.05) is 35.9 Å². The summed E-state index contributed by atoms with van der Waals surface area (Å²) >= 11 is 6.07. The number of carbonyl (C=O) groups is 2. The highest BCUT2D eigenvalue weighted by Gasteiger charge is 2.15. The van der Waals surface area contributed by atoms with Crippen molar-refractivity contribution in [2.45, 2.75) is 13.0 Å². The van der Waals surface area contributed by atoms with E-state index in [0.717, 1.165) is 11.6 Å². The second kappa shape index (κ2) is 8.25. The minimum atomic E-state index is -0.589. The van der Waals surface area contributed by atoms with Crippen LogP contribution in [-0.4, -0.2) is 23.3 Å². The summed E-state index contributed by atoms with van der Waals surface area (Å²) in [5, 5.41) is 16.4. The Bertz CT molecular complexity index is 810. The lowest BCUT2D eigenvalue weighted by Gasteiger charge is -2.16. The Hall–Kier alpha value is -2.93. The summed E-state index contributed by atoms with van der Waals surface area (Å²) in [6, 6.07) is 12.1. The number of nitrogens with one attached hydrogen (secondary N) is 2. The summed E-state index contributed by atoms with van der Waals surface area (Å²) in [6.07, 6.45) is 0. The molecule has 8 heteroatoms. The number of nitro benzene ring substituents is 1. The standard InChI is InChI=1S/C17H16ClN3O4/c1-11(14-7-2-3-8-15(14)18)20-16(22)10-19-17(23)12-5-4-6-13(9-12)21(24)25/h2-9,11H,10H2,1H3,(H,19,23)(H,20,22). The average molecular weight is 362 g/mol. The third-order valence-corrected chi connectivity index (χ3v) is 3.82. The molecule has 25 heavy (non-hydrogen) atoms. The van der Waals surface area contributed by atoms with Crippen LogP contribution in [-0.2, 0) is 4.79 Å². The van der Waals surface area contributed by atoms with Crippen LogP contribution >= 0.6 is 11.6 Å². The van der Waals surface area contributed by atoms with Crippen LogP contribution in [0.4, 0.5) is 5.69 Å². The van der Waals surface area contributed by atoms with Gasteiger partial charge in [-0.2, -0.15) is 0 Å². The molecular weight excluding hydrogens is 346 g/mol. The van der Waals surface area contributed by atoms with Gasteiger partial charge in [0, 0.05) is 22.7 Å². The molecule has 0 aliphatic heterocycles. The average Bonchev–Trinajstić information content (AvgIpc) is 2.60. The fourth-order valence-corrected chi connectivity index (χ4v) is 2.52. The molecule has 2 aromatic rings. The van der Waals surface area contributed by atoms with Gasteiger partial charge in [-0.25, -0.2) is 0 Å². The van der Waals surface area contributed by atoms with Crippen LogP contribution in [0.3, 0.4) is 0 Å². The molecule has 0 aliphatic rings. The number of carbonyl (C=O) groups excluding carboxylic acids is 2. The second-order valence-electron chi connectivity index (χ2n) is 5.30. The van der Waals surface area contributed by atoms with E-state index in [9.17, 15) is 19.7 Å². The molecule has 0 aliphatic carbocycles. The number of non-ortho nitro benzene ring substituents is 1. The summed E-state index contributed by atoms with van der Waals surface area (Å²) < 4.78 is 0. The van der Waals surface area contributed by atoms with Crippen molar-refractivity contribution in [2.75, 3.05) is 6.54 Å². The summed E-state index contributed by atoms with van der Waals surface area (Å²) in [5.41, 5.74) is 0.688. The molecule has 2 N–H and O–H groups in total. The van der Waals surface area contributed by atoms with Crippen LogP contribution in [0.2, 0.25) is 5.02 Å². The Kier molecular flexibility index (Phi) is 6.08. The quantitative estimate of drug-likeness (QED) is 0.610. The summed E-state index contributed by atoms with van der Waals surface area (Å²) in [4.78, 5) is 34.1. The number of halogens is 1. The molecule has 2 rings (SSSR count). The predicted octanol–water partition coefficient (Wildman–Crippen LogP) is 2.86. The first-order chi connectivity index (χ1) is 11.9. The van der Waals surface area contributed by atoms with Crippen molar-refractivity contribution in [1.82, 2.24) is 10.6 Å². The largest absolute Gasteiger partial charge is 0.348 e. The Labute approximate surface area is 149 Å². The van der Waals surface area contributed by atoms with Crippen LogP contribution in [0, 0.1) is 10.1 Å². The van der Waals surface area contributed by atoms with E-state index in [-0.39, 0.29) is 23.8 Å². The van der Waals surface area contributed by atoms with E-state index in [1.807, 2.05) is 6.07 Å². The van der Waals surface area contributed by atoms with E-state index in [1.54, 1.807) is 25.1 Å². The van der Waals surface area contributed by atoms with Gasteiger partial charge in [0.15, 0.2) is 0 Å². The maximum absolute atomic E-state index is 12.0. The topological polar surface area (TPSA) is 101 Å². The Balaban J connectivity index is 1.91. The van der Waals surface area contributed by atoms with Crippen molar-refractivity contribution in [1.29, 1.82) is 0 Å². The molecule has 0 aromatic heterocycles. The zero-order valence-corrected chi connectivity index (χ0v) is 14.1. The highest BCUT2D eigenvalue weighted by molar-refractivity contribution is 6.31. The molecule has 130 valence electrons. The van der Waals surface area contributed by atoms with E-state index in [4.69, 9.17) is 11.6 Å². The van der Waals surface area contributed by atoms with Crippen molar-refractivity contribution in [3.05, 3.63) is 74.8 Å². The summed E-state index contributed by atoms with van der Waals surface area (Å²) in [7, 11) is 0. The fourth-order valence-electron chi connectivity index (χ4n) is 2.22. The number of benzene rings is 2. The minimum Gasteiger partial charge on any atom is -0.348 e. The number of nitro groups is 1. The number of amides is 2. The zero-order valence-electron chi connectivity index (χ0n) is 13.4. The molecule has 0 heterocycles. The number of nitrogens with zero attached hydrogens (tertiary/aromatic N) is 1. The van der Waals surface area contributed by atoms with Gasteiger partial charge < -0.3 is 10.6 Å². The van der Waals surface area contributed by atoms with E-state index in [0.29, 0.717) is 5.02 Å². The molecule has 0 spiro atoms. The van der Waals surface area contributed by atoms with Crippen LogP contribution in [0.5, 0.6) is 0 Å². The molecular formula is C17H16ClN3O4. The van der Waals surface area contributed by atoms with Crippen molar-refractivity contribution >= 4 is 29.1 Å². The summed E-state index contributed by atoms with van der Waals surface area (Å²) in [5.74, 6) is -0.963. The van der Waals surface area contributed by atoms with Gasteiger partial charge >= 0.3 is 0 Å². The van der Waals surface area contributed by atoms with E-state index in [1.165, 1.54) is 18.2 Å². The van der Waals surface area contributed by atoms with E-state index < -0.39 is 16.7 Å². The molecule has 0 saturated heterocycles.